The summed E-state index contributed by atoms with van der Waals surface area (Å²) >= 11 is 6.77. The van der Waals surface area contributed by atoms with E-state index in [0.29, 0.717) is 12.2 Å². The van der Waals surface area contributed by atoms with Crippen molar-refractivity contribution in [3.05, 3.63) is 23.8 Å². The first kappa shape index (κ1) is 16.0. The Bertz CT molecular complexity index is 473. The van der Waals surface area contributed by atoms with Gasteiger partial charge in [0.05, 0.1) is 17.2 Å². The second-order valence-electron chi connectivity index (χ2n) is 4.28. The third kappa shape index (κ3) is 4.51. The molecule has 1 rings (SSSR count). The third-order valence-electron chi connectivity index (χ3n) is 2.49. The molecule has 3 nitrogen and oxygen atoms in total. The standard InChI is InChI=1S/C14H19NO2S2/c1-5-17-14(16)11-8-10(6-7-12(11)19-4)15-13(18)9(2)3/h6-9H,5H2,1-4H3,(H,15,18). The summed E-state index contributed by atoms with van der Waals surface area (Å²) in [6, 6.07) is 5.62. The summed E-state index contributed by atoms with van der Waals surface area (Å²) in [5.74, 6) is -0.0350. The SMILES string of the molecule is CCOC(=O)c1cc(NC(=S)C(C)C)ccc1SC. The third-order valence-corrected chi connectivity index (χ3v) is 3.86. The molecule has 0 aliphatic heterocycles. The van der Waals surface area contributed by atoms with Gasteiger partial charge in [-0.25, -0.2) is 4.79 Å². The van der Waals surface area contributed by atoms with Crippen molar-refractivity contribution in [2.45, 2.75) is 25.7 Å². The van der Waals surface area contributed by atoms with E-state index in [1.165, 1.54) is 11.8 Å². The number of carbonyl (C=O) groups is 1. The van der Waals surface area contributed by atoms with Crippen LogP contribution in [0.5, 0.6) is 0 Å². The molecule has 1 aromatic carbocycles. The molecule has 19 heavy (non-hydrogen) atoms. The van der Waals surface area contributed by atoms with Crippen molar-refractivity contribution < 1.29 is 9.53 Å². The highest BCUT2D eigenvalue weighted by Gasteiger charge is 2.13. The van der Waals surface area contributed by atoms with Gasteiger partial charge in [-0.05, 0) is 31.4 Å². The highest BCUT2D eigenvalue weighted by Crippen LogP contribution is 2.25. The number of hydrogen-bond donors (Lipinski definition) is 1. The van der Waals surface area contributed by atoms with Gasteiger partial charge in [0.15, 0.2) is 0 Å². The molecular formula is C14H19NO2S2. The molecule has 0 unspecified atom stereocenters. The first-order valence-corrected chi connectivity index (χ1v) is 7.78. The summed E-state index contributed by atoms with van der Waals surface area (Å²) in [6.07, 6.45) is 1.93. The molecule has 0 heterocycles. The van der Waals surface area contributed by atoms with Crippen molar-refractivity contribution in [3.63, 3.8) is 0 Å². The molecule has 1 aromatic rings. The molecular weight excluding hydrogens is 278 g/mol. The summed E-state index contributed by atoms with van der Waals surface area (Å²) in [6.45, 7) is 6.22. The Hall–Kier alpha value is -1.07. The number of thioether (sulfide) groups is 1. The number of nitrogens with one attached hydrogen (secondary N) is 1. The van der Waals surface area contributed by atoms with E-state index in [1.807, 2.05) is 32.2 Å². The highest BCUT2D eigenvalue weighted by atomic mass is 32.2. The predicted octanol–water partition coefficient (Wildman–Crippen LogP) is 3.98. The normalized spacial score (nSPS) is 10.4. The fraction of sp³-hybridized carbons (Fsp3) is 0.429. The van der Waals surface area contributed by atoms with Gasteiger partial charge in [-0.15, -0.1) is 11.8 Å². The number of esters is 1. The Morgan fingerprint density at radius 2 is 2.16 bits per heavy atom. The molecule has 104 valence electrons. The number of ether oxygens (including phenoxy) is 1. The summed E-state index contributed by atoms with van der Waals surface area (Å²) in [7, 11) is 0. The van der Waals surface area contributed by atoms with Crippen LogP contribution in [0.25, 0.3) is 0 Å². The number of thiocarbonyl (C=S) groups is 1. The van der Waals surface area contributed by atoms with Crippen molar-refractivity contribution >= 4 is 40.6 Å². The van der Waals surface area contributed by atoms with Gasteiger partial charge in [0.25, 0.3) is 0 Å². The Labute approximate surface area is 124 Å². The van der Waals surface area contributed by atoms with Crippen molar-refractivity contribution in [1.29, 1.82) is 0 Å². The average Bonchev–Trinajstić information content (AvgIpc) is 2.38. The molecule has 0 atom stereocenters. The molecule has 0 radical (unpaired) electrons. The lowest BCUT2D eigenvalue weighted by atomic mass is 10.1. The van der Waals surface area contributed by atoms with Crippen molar-refractivity contribution in [3.8, 4) is 0 Å². The lowest BCUT2D eigenvalue weighted by Gasteiger charge is -2.13. The number of benzene rings is 1. The van der Waals surface area contributed by atoms with Crippen LogP contribution < -0.4 is 5.32 Å². The Balaban J connectivity index is 3.01. The monoisotopic (exact) mass is 297 g/mol. The molecule has 0 spiro atoms. The van der Waals surface area contributed by atoms with E-state index in [1.54, 1.807) is 13.0 Å². The lowest BCUT2D eigenvalue weighted by molar-refractivity contribution is 0.0522. The summed E-state index contributed by atoms with van der Waals surface area (Å²) < 4.78 is 5.06. The molecule has 5 heteroatoms. The smallest absolute Gasteiger partial charge is 0.339 e. The van der Waals surface area contributed by atoms with Gasteiger partial charge in [-0.3, -0.25) is 0 Å². The van der Waals surface area contributed by atoms with E-state index in [9.17, 15) is 4.79 Å². The second-order valence-corrected chi connectivity index (χ2v) is 5.57. The number of rotatable bonds is 5. The van der Waals surface area contributed by atoms with E-state index in [4.69, 9.17) is 17.0 Å². The fourth-order valence-electron chi connectivity index (χ4n) is 1.44. The molecule has 0 fully saturated rings. The first-order valence-electron chi connectivity index (χ1n) is 6.15. The van der Waals surface area contributed by atoms with E-state index < -0.39 is 0 Å². The molecule has 0 amide bonds. The molecule has 0 saturated heterocycles. The minimum Gasteiger partial charge on any atom is -0.462 e. The minimum absolute atomic E-state index is 0.265. The Morgan fingerprint density at radius 3 is 2.68 bits per heavy atom. The van der Waals surface area contributed by atoms with Gasteiger partial charge in [0.1, 0.15) is 0 Å². The lowest BCUT2D eigenvalue weighted by Crippen LogP contribution is -2.16. The molecule has 0 saturated carbocycles. The van der Waals surface area contributed by atoms with Gasteiger partial charge in [-0.1, -0.05) is 26.1 Å². The van der Waals surface area contributed by atoms with Crippen LogP contribution >= 0.6 is 24.0 Å². The number of carbonyl (C=O) groups excluding carboxylic acids is 1. The van der Waals surface area contributed by atoms with Crippen LogP contribution in [-0.2, 0) is 4.74 Å². The molecule has 0 bridgehead atoms. The van der Waals surface area contributed by atoms with E-state index in [-0.39, 0.29) is 11.9 Å². The van der Waals surface area contributed by atoms with Gasteiger partial charge in [-0.2, -0.15) is 0 Å². The maximum atomic E-state index is 11.9. The van der Waals surface area contributed by atoms with Crippen LogP contribution in [0.15, 0.2) is 23.1 Å². The van der Waals surface area contributed by atoms with Crippen LogP contribution in [0, 0.1) is 5.92 Å². The fourth-order valence-corrected chi connectivity index (χ4v) is 2.12. The molecule has 0 aliphatic carbocycles. The van der Waals surface area contributed by atoms with E-state index in [0.717, 1.165) is 15.6 Å². The van der Waals surface area contributed by atoms with Crippen LogP contribution in [-0.4, -0.2) is 23.8 Å². The molecule has 1 N–H and O–H groups in total. The zero-order valence-corrected chi connectivity index (χ0v) is 13.3. The zero-order chi connectivity index (χ0) is 14.4. The van der Waals surface area contributed by atoms with Crippen molar-refractivity contribution in [1.82, 2.24) is 0 Å². The van der Waals surface area contributed by atoms with Crippen LogP contribution in [0.1, 0.15) is 31.1 Å². The Kier molecular flexibility index (Phi) is 6.31. The highest BCUT2D eigenvalue weighted by molar-refractivity contribution is 7.98. The maximum Gasteiger partial charge on any atom is 0.339 e. The van der Waals surface area contributed by atoms with Crippen LogP contribution in [0.3, 0.4) is 0 Å². The minimum atomic E-state index is -0.300. The maximum absolute atomic E-state index is 11.9. The van der Waals surface area contributed by atoms with Crippen molar-refractivity contribution in [2.75, 3.05) is 18.2 Å². The number of anilines is 1. The van der Waals surface area contributed by atoms with E-state index >= 15 is 0 Å². The van der Waals surface area contributed by atoms with Crippen molar-refractivity contribution in [2.24, 2.45) is 5.92 Å². The van der Waals surface area contributed by atoms with Crippen LogP contribution in [0.4, 0.5) is 5.69 Å². The zero-order valence-electron chi connectivity index (χ0n) is 11.6. The molecule has 0 aromatic heterocycles. The average molecular weight is 297 g/mol. The van der Waals surface area contributed by atoms with Crippen LogP contribution in [0.2, 0.25) is 0 Å². The van der Waals surface area contributed by atoms with Gasteiger partial charge >= 0.3 is 5.97 Å². The van der Waals surface area contributed by atoms with Gasteiger partial charge < -0.3 is 10.1 Å². The predicted molar refractivity (Wildman–Crippen MR) is 85.2 cm³/mol. The second kappa shape index (κ2) is 7.50. The van der Waals surface area contributed by atoms with Gasteiger partial charge in [0, 0.05) is 16.5 Å². The van der Waals surface area contributed by atoms with E-state index in [2.05, 4.69) is 5.32 Å². The summed E-state index contributed by atoms with van der Waals surface area (Å²) in [5.41, 5.74) is 1.39. The topological polar surface area (TPSA) is 38.3 Å². The number of hydrogen-bond acceptors (Lipinski definition) is 4. The quantitative estimate of drug-likeness (QED) is 0.505. The molecule has 0 aliphatic rings. The largest absolute Gasteiger partial charge is 0.462 e. The van der Waals surface area contributed by atoms with Gasteiger partial charge in [0.2, 0.25) is 0 Å². The first-order chi connectivity index (χ1) is 8.99. The Morgan fingerprint density at radius 1 is 1.47 bits per heavy atom. The summed E-state index contributed by atoms with van der Waals surface area (Å²) in [5, 5.41) is 3.14. The summed E-state index contributed by atoms with van der Waals surface area (Å²) in [4.78, 5) is 13.6.